The Labute approximate surface area is 106 Å². The normalized spacial score (nSPS) is 10.8. The molecule has 0 fully saturated rings. The Morgan fingerprint density at radius 2 is 2.06 bits per heavy atom. The number of para-hydroxylation sites is 1. The molecular weight excluding hydrogens is 228 g/mol. The Kier molecular flexibility index (Phi) is 3.94. The van der Waals surface area contributed by atoms with Gasteiger partial charge in [-0.25, -0.2) is 4.98 Å². The Morgan fingerprint density at radius 1 is 1.28 bits per heavy atom. The van der Waals surface area contributed by atoms with Gasteiger partial charge in [0.15, 0.2) is 0 Å². The lowest BCUT2D eigenvalue weighted by molar-refractivity contribution is 0.289. The van der Waals surface area contributed by atoms with E-state index in [2.05, 4.69) is 21.8 Å². The highest BCUT2D eigenvalue weighted by Crippen LogP contribution is 2.24. The SMILES string of the molecule is CCN(CCCO)c1nc(N)nc2ccccc12. The fraction of sp³-hybridized carbons (Fsp3) is 0.385. The minimum atomic E-state index is 0.176. The maximum absolute atomic E-state index is 8.94. The molecule has 0 saturated heterocycles. The van der Waals surface area contributed by atoms with Gasteiger partial charge in [-0.1, -0.05) is 12.1 Å². The molecule has 5 heteroatoms. The molecule has 0 aliphatic heterocycles. The van der Waals surface area contributed by atoms with Crippen molar-refractivity contribution in [1.29, 1.82) is 0 Å². The molecule has 0 aliphatic rings. The van der Waals surface area contributed by atoms with E-state index in [4.69, 9.17) is 10.8 Å². The molecule has 0 amide bonds. The number of hydrogen-bond acceptors (Lipinski definition) is 5. The lowest BCUT2D eigenvalue weighted by Gasteiger charge is -2.23. The third kappa shape index (κ3) is 2.51. The number of rotatable bonds is 5. The summed E-state index contributed by atoms with van der Waals surface area (Å²) in [4.78, 5) is 10.7. The molecule has 0 radical (unpaired) electrons. The quantitative estimate of drug-likeness (QED) is 0.834. The Morgan fingerprint density at radius 3 is 2.78 bits per heavy atom. The van der Waals surface area contributed by atoms with E-state index in [1.807, 2.05) is 24.3 Å². The van der Waals surface area contributed by atoms with Crippen molar-refractivity contribution in [1.82, 2.24) is 9.97 Å². The van der Waals surface area contributed by atoms with Gasteiger partial charge in [-0.2, -0.15) is 4.98 Å². The zero-order chi connectivity index (χ0) is 13.0. The third-order valence-electron chi connectivity index (χ3n) is 2.87. The van der Waals surface area contributed by atoms with E-state index in [0.717, 1.165) is 29.8 Å². The van der Waals surface area contributed by atoms with Crippen LogP contribution < -0.4 is 10.6 Å². The number of nitrogen functional groups attached to an aromatic ring is 1. The van der Waals surface area contributed by atoms with Gasteiger partial charge in [0.25, 0.3) is 0 Å². The molecule has 0 bridgehead atoms. The highest BCUT2D eigenvalue weighted by Gasteiger charge is 2.11. The van der Waals surface area contributed by atoms with Crippen molar-refractivity contribution in [2.75, 3.05) is 30.3 Å². The molecule has 18 heavy (non-hydrogen) atoms. The minimum absolute atomic E-state index is 0.176. The second-order valence-electron chi connectivity index (χ2n) is 4.08. The van der Waals surface area contributed by atoms with Crippen molar-refractivity contribution in [3.8, 4) is 0 Å². The first kappa shape index (κ1) is 12.6. The predicted octanol–water partition coefficient (Wildman–Crippen LogP) is 1.42. The number of aliphatic hydroxyl groups is 1. The zero-order valence-electron chi connectivity index (χ0n) is 10.5. The third-order valence-corrected chi connectivity index (χ3v) is 2.87. The minimum Gasteiger partial charge on any atom is -0.396 e. The van der Waals surface area contributed by atoms with Gasteiger partial charge in [0, 0.05) is 25.1 Å². The predicted molar refractivity (Wildman–Crippen MR) is 73.5 cm³/mol. The van der Waals surface area contributed by atoms with Gasteiger partial charge in [0.2, 0.25) is 5.95 Å². The Balaban J connectivity index is 2.47. The molecule has 5 nitrogen and oxygen atoms in total. The van der Waals surface area contributed by atoms with Crippen molar-refractivity contribution in [2.24, 2.45) is 0 Å². The summed E-state index contributed by atoms with van der Waals surface area (Å²) < 4.78 is 0. The number of nitrogens with zero attached hydrogens (tertiary/aromatic N) is 3. The lowest BCUT2D eigenvalue weighted by Crippen LogP contribution is -2.26. The molecular formula is C13H18N4O. The Hall–Kier alpha value is -1.88. The van der Waals surface area contributed by atoms with Crippen LogP contribution in [0.25, 0.3) is 10.9 Å². The number of nitrogens with two attached hydrogens (primary N) is 1. The topological polar surface area (TPSA) is 75.3 Å². The molecule has 1 heterocycles. The van der Waals surface area contributed by atoms with E-state index in [-0.39, 0.29) is 12.6 Å². The van der Waals surface area contributed by atoms with Crippen molar-refractivity contribution in [3.63, 3.8) is 0 Å². The summed E-state index contributed by atoms with van der Waals surface area (Å²) in [6.07, 6.45) is 0.714. The lowest BCUT2D eigenvalue weighted by atomic mass is 10.2. The van der Waals surface area contributed by atoms with Gasteiger partial charge in [0.05, 0.1) is 5.52 Å². The zero-order valence-corrected chi connectivity index (χ0v) is 10.5. The monoisotopic (exact) mass is 246 g/mol. The number of benzene rings is 1. The van der Waals surface area contributed by atoms with E-state index >= 15 is 0 Å². The molecule has 1 aromatic carbocycles. The van der Waals surface area contributed by atoms with Gasteiger partial charge in [-0.15, -0.1) is 0 Å². The highest BCUT2D eigenvalue weighted by atomic mass is 16.3. The number of fused-ring (bicyclic) bond motifs is 1. The van der Waals surface area contributed by atoms with Crippen LogP contribution in [0, 0.1) is 0 Å². The largest absolute Gasteiger partial charge is 0.396 e. The van der Waals surface area contributed by atoms with Gasteiger partial charge < -0.3 is 15.7 Å². The first-order chi connectivity index (χ1) is 8.76. The molecule has 96 valence electrons. The maximum Gasteiger partial charge on any atom is 0.222 e. The van der Waals surface area contributed by atoms with E-state index in [1.54, 1.807) is 0 Å². The average Bonchev–Trinajstić information content (AvgIpc) is 2.39. The van der Waals surface area contributed by atoms with Gasteiger partial charge >= 0.3 is 0 Å². The summed E-state index contributed by atoms with van der Waals surface area (Å²) in [6.45, 7) is 3.81. The second-order valence-corrected chi connectivity index (χ2v) is 4.08. The smallest absolute Gasteiger partial charge is 0.222 e. The first-order valence-electron chi connectivity index (χ1n) is 6.14. The van der Waals surface area contributed by atoms with Gasteiger partial charge in [-0.3, -0.25) is 0 Å². The fourth-order valence-corrected chi connectivity index (χ4v) is 1.99. The van der Waals surface area contributed by atoms with Gasteiger partial charge in [-0.05, 0) is 25.5 Å². The standard InChI is InChI=1S/C13H18N4O/c1-2-17(8-5-9-18)12-10-6-3-4-7-11(10)15-13(14)16-12/h3-4,6-7,18H,2,5,8-9H2,1H3,(H2,14,15,16). The van der Waals surface area contributed by atoms with Crippen LogP contribution in [0.15, 0.2) is 24.3 Å². The van der Waals surface area contributed by atoms with Crippen LogP contribution in [0.4, 0.5) is 11.8 Å². The summed E-state index contributed by atoms with van der Waals surface area (Å²) in [5, 5.41) is 9.93. The van der Waals surface area contributed by atoms with E-state index < -0.39 is 0 Å². The van der Waals surface area contributed by atoms with Crippen molar-refractivity contribution in [2.45, 2.75) is 13.3 Å². The summed E-state index contributed by atoms with van der Waals surface area (Å²) in [6, 6.07) is 7.82. The van der Waals surface area contributed by atoms with Crippen molar-refractivity contribution >= 4 is 22.7 Å². The molecule has 3 N–H and O–H groups in total. The Bertz CT molecular complexity index is 529. The molecule has 0 atom stereocenters. The summed E-state index contributed by atoms with van der Waals surface area (Å²) in [5.41, 5.74) is 6.60. The number of aromatic nitrogens is 2. The summed E-state index contributed by atoms with van der Waals surface area (Å²) >= 11 is 0. The second kappa shape index (κ2) is 5.64. The molecule has 1 aromatic heterocycles. The molecule has 0 unspecified atom stereocenters. The molecule has 0 saturated carbocycles. The average molecular weight is 246 g/mol. The van der Waals surface area contributed by atoms with Crippen LogP contribution in [0.1, 0.15) is 13.3 Å². The van der Waals surface area contributed by atoms with E-state index in [0.29, 0.717) is 6.42 Å². The van der Waals surface area contributed by atoms with Crippen molar-refractivity contribution in [3.05, 3.63) is 24.3 Å². The van der Waals surface area contributed by atoms with E-state index in [1.165, 1.54) is 0 Å². The van der Waals surface area contributed by atoms with Crippen LogP contribution in [0.2, 0.25) is 0 Å². The van der Waals surface area contributed by atoms with Crippen LogP contribution in [0.3, 0.4) is 0 Å². The molecule has 2 aromatic rings. The fourth-order valence-electron chi connectivity index (χ4n) is 1.99. The number of hydrogen-bond donors (Lipinski definition) is 2. The van der Waals surface area contributed by atoms with Crippen LogP contribution in [-0.4, -0.2) is 34.8 Å². The summed E-state index contributed by atoms with van der Waals surface area (Å²) in [5.74, 6) is 1.13. The summed E-state index contributed by atoms with van der Waals surface area (Å²) in [7, 11) is 0. The van der Waals surface area contributed by atoms with Crippen LogP contribution in [0.5, 0.6) is 0 Å². The van der Waals surface area contributed by atoms with Crippen LogP contribution >= 0.6 is 0 Å². The van der Waals surface area contributed by atoms with E-state index in [9.17, 15) is 0 Å². The first-order valence-corrected chi connectivity index (χ1v) is 6.14. The number of anilines is 2. The highest BCUT2D eigenvalue weighted by molar-refractivity contribution is 5.90. The van der Waals surface area contributed by atoms with Gasteiger partial charge in [0.1, 0.15) is 5.82 Å². The van der Waals surface area contributed by atoms with Crippen LogP contribution in [-0.2, 0) is 0 Å². The molecule has 2 rings (SSSR count). The number of aliphatic hydroxyl groups excluding tert-OH is 1. The van der Waals surface area contributed by atoms with Crippen molar-refractivity contribution < 1.29 is 5.11 Å². The maximum atomic E-state index is 8.94. The molecule has 0 aliphatic carbocycles. The molecule has 0 spiro atoms.